The lowest BCUT2D eigenvalue weighted by Gasteiger charge is -2.18. The van der Waals surface area contributed by atoms with Crippen molar-refractivity contribution in [1.29, 1.82) is 0 Å². The number of carbonyl (C=O) groups is 1. The van der Waals surface area contributed by atoms with Gasteiger partial charge in [-0.1, -0.05) is 11.8 Å². The van der Waals surface area contributed by atoms with Crippen molar-refractivity contribution in [3.05, 3.63) is 34.9 Å². The van der Waals surface area contributed by atoms with Crippen LogP contribution in [0, 0.1) is 18.8 Å². The van der Waals surface area contributed by atoms with Gasteiger partial charge in [0.1, 0.15) is 0 Å². The lowest BCUT2D eigenvalue weighted by atomic mass is 10.0. The number of aliphatic hydroxyl groups is 1. The number of amides is 1. The zero-order valence-electron chi connectivity index (χ0n) is 11.9. The van der Waals surface area contributed by atoms with E-state index >= 15 is 0 Å². The maximum Gasteiger partial charge on any atom is 0.253 e. The summed E-state index contributed by atoms with van der Waals surface area (Å²) in [5.41, 5.74) is 2.60. The van der Waals surface area contributed by atoms with Gasteiger partial charge in [-0.05, 0) is 44.5 Å². The van der Waals surface area contributed by atoms with Gasteiger partial charge < -0.3 is 10.0 Å². The van der Waals surface area contributed by atoms with E-state index in [9.17, 15) is 4.79 Å². The number of aryl methyl sites for hydroxylation is 1. The van der Waals surface area contributed by atoms with E-state index < -0.39 is 0 Å². The Morgan fingerprint density at radius 1 is 1.32 bits per heavy atom. The first-order chi connectivity index (χ1) is 9.13. The lowest BCUT2D eigenvalue weighted by molar-refractivity contribution is 0.0773. The third-order valence-corrected chi connectivity index (χ3v) is 2.98. The minimum Gasteiger partial charge on any atom is -0.395 e. The van der Waals surface area contributed by atoms with Gasteiger partial charge >= 0.3 is 0 Å². The van der Waals surface area contributed by atoms with E-state index in [0.29, 0.717) is 25.1 Å². The van der Waals surface area contributed by atoms with Crippen LogP contribution in [0.3, 0.4) is 0 Å². The molecule has 0 aliphatic rings. The number of aliphatic hydroxyl groups excluding tert-OH is 1. The Balaban J connectivity index is 2.94. The summed E-state index contributed by atoms with van der Waals surface area (Å²) in [5.74, 6) is 5.95. The smallest absolute Gasteiger partial charge is 0.253 e. The van der Waals surface area contributed by atoms with E-state index in [4.69, 9.17) is 5.11 Å². The van der Waals surface area contributed by atoms with Gasteiger partial charge in [0.05, 0.1) is 6.61 Å². The summed E-state index contributed by atoms with van der Waals surface area (Å²) in [7, 11) is 0. The molecule has 0 fully saturated rings. The van der Waals surface area contributed by atoms with E-state index in [1.165, 1.54) is 0 Å². The van der Waals surface area contributed by atoms with Crippen LogP contribution in [0.4, 0.5) is 0 Å². The molecule has 19 heavy (non-hydrogen) atoms. The molecule has 0 saturated heterocycles. The second-order valence-electron chi connectivity index (χ2n) is 4.28. The highest BCUT2D eigenvalue weighted by atomic mass is 16.2. The number of hydrogen-bond donors (Lipinski definition) is 1. The summed E-state index contributed by atoms with van der Waals surface area (Å²) in [4.78, 5) is 14.0. The molecule has 3 heteroatoms. The number of carbonyl (C=O) groups excluding carboxylic acids is 1. The summed E-state index contributed by atoms with van der Waals surface area (Å²) >= 11 is 0. The summed E-state index contributed by atoms with van der Waals surface area (Å²) in [6.07, 6.45) is 0.472. The average molecular weight is 259 g/mol. The molecule has 0 heterocycles. The molecular formula is C16H21NO2. The second kappa shape index (κ2) is 7.60. The molecule has 0 saturated carbocycles. The third kappa shape index (κ3) is 4.11. The van der Waals surface area contributed by atoms with Gasteiger partial charge in [0.2, 0.25) is 0 Å². The van der Waals surface area contributed by atoms with Crippen LogP contribution in [0.1, 0.15) is 41.8 Å². The quantitative estimate of drug-likeness (QED) is 0.842. The Hall–Kier alpha value is -1.79. The fourth-order valence-corrected chi connectivity index (χ4v) is 1.84. The van der Waals surface area contributed by atoms with Crippen LogP contribution in [0.25, 0.3) is 0 Å². The van der Waals surface area contributed by atoms with Gasteiger partial charge in [-0.25, -0.2) is 0 Å². The van der Waals surface area contributed by atoms with Gasteiger partial charge in [0, 0.05) is 30.6 Å². The van der Waals surface area contributed by atoms with Crippen molar-refractivity contribution in [3.63, 3.8) is 0 Å². The van der Waals surface area contributed by atoms with Crippen LogP contribution in [0.5, 0.6) is 0 Å². The minimum atomic E-state index is 0.0583. The molecular weight excluding hydrogens is 238 g/mol. The molecule has 0 spiro atoms. The van der Waals surface area contributed by atoms with Crippen LogP contribution in [-0.4, -0.2) is 35.6 Å². The van der Waals surface area contributed by atoms with Crippen molar-refractivity contribution in [2.45, 2.75) is 27.2 Å². The maximum atomic E-state index is 12.2. The van der Waals surface area contributed by atoms with Crippen LogP contribution in [-0.2, 0) is 0 Å². The van der Waals surface area contributed by atoms with Crippen LogP contribution in [0.2, 0.25) is 0 Å². The number of nitrogens with zero attached hydrogens (tertiary/aromatic N) is 1. The van der Waals surface area contributed by atoms with E-state index in [1.54, 1.807) is 4.90 Å². The highest BCUT2D eigenvalue weighted by molar-refractivity contribution is 5.94. The zero-order chi connectivity index (χ0) is 14.3. The first-order valence-electron chi connectivity index (χ1n) is 6.63. The predicted molar refractivity (Wildman–Crippen MR) is 77.0 cm³/mol. The van der Waals surface area contributed by atoms with Gasteiger partial charge in [-0.3, -0.25) is 4.79 Å². The SMILES string of the molecule is CCN(CC)C(=O)c1ccc(C#CCCO)c(C)c1. The Morgan fingerprint density at radius 3 is 2.53 bits per heavy atom. The molecule has 1 rings (SSSR count). The molecule has 102 valence electrons. The molecule has 3 nitrogen and oxygen atoms in total. The van der Waals surface area contributed by atoms with Crippen molar-refractivity contribution in [2.24, 2.45) is 0 Å². The molecule has 0 atom stereocenters. The van der Waals surface area contributed by atoms with Gasteiger partial charge in [0.25, 0.3) is 5.91 Å². The lowest BCUT2D eigenvalue weighted by Crippen LogP contribution is -2.30. The van der Waals surface area contributed by atoms with E-state index in [0.717, 1.165) is 11.1 Å². The molecule has 0 bridgehead atoms. The number of rotatable bonds is 4. The molecule has 1 aromatic rings. The fraction of sp³-hybridized carbons (Fsp3) is 0.438. The molecule has 0 radical (unpaired) electrons. The van der Waals surface area contributed by atoms with E-state index in [1.807, 2.05) is 39.0 Å². The van der Waals surface area contributed by atoms with Crippen LogP contribution < -0.4 is 0 Å². The molecule has 1 aromatic carbocycles. The second-order valence-corrected chi connectivity index (χ2v) is 4.28. The number of hydrogen-bond acceptors (Lipinski definition) is 2. The Kier molecular flexibility index (Phi) is 6.11. The predicted octanol–water partition coefficient (Wildman–Crippen LogP) is 2.21. The molecule has 1 amide bonds. The van der Waals surface area contributed by atoms with Crippen molar-refractivity contribution < 1.29 is 9.90 Å². The molecule has 0 aliphatic heterocycles. The highest BCUT2D eigenvalue weighted by Crippen LogP contribution is 2.12. The third-order valence-electron chi connectivity index (χ3n) is 2.98. The van der Waals surface area contributed by atoms with Crippen molar-refractivity contribution >= 4 is 5.91 Å². The van der Waals surface area contributed by atoms with Crippen LogP contribution in [0.15, 0.2) is 18.2 Å². The van der Waals surface area contributed by atoms with Gasteiger partial charge in [-0.15, -0.1) is 0 Å². The normalized spacial score (nSPS) is 9.68. The first kappa shape index (κ1) is 15.3. The van der Waals surface area contributed by atoms with Crippen molar-refractivity contribution in [2.75, 3.05) is 19.7 Å². The van der Waals surface area contributed by atoms with Crippen molar-refractivity contribution in [1.82, 2.24) is 4.90 Å². The first-order valence-corrected chi connectivity index (χ1v) is 6.63. The standard InChI is InChI=1S/C16H21NO2/c1-4-17(5-2)16(19)15-10-9-14(13(3)12-15)8-6-7-11-18/h9-10,12,18H,4-5,7,11H2,1-3H3. The molecule has 1 N–H and O–H groups in total. The average Bonchev–Trinajstić information content (AvgIpc) is 2.42. The van der Waals surface area contributed by atoms with Crippen molar-refractivity contribution in [3.8, 4) is 11.8 Å². The number of benzene rings is 1. The summed E-state index contributed by atoms with van der Waals surface area (Å²) in [6.45, 7) is 7.40. The summed E-state index contributed by atoms with van der Waals surface area (Å²) in [6, 6.07) is 5.57. The Bertz CT molecular complexity index is 493. The van der Waals surface area contributed by atoms with Gasteiger partial charge in [-0.2, -0.15) is 0 Å². The molecule has 0 aliphatic carbocycles. The zero-order valence-corrected chi connectivity index (χ0v) is 11.9. The molecule has 0 unspecified atom stereocenters. The Morgan fingerprint density at radius 2 is 2.00 bits per heavy atom. The van der Waals surface area contributed by atoms with E-state index in [-0.39, 0.29) is 12.5 Å². The van der Waals surface area contributed by atoms with Gasteiger partial charge in [0.15, 0.2) is 0 Å². The highest BCUT2D eigenvalue weighted by Gasteiger charge is 2.12. The Labute approximate surface area is 115 Å². The largest absolute Gasteiger partial charge is 0.395 e. The topological polar surface area (TPSA) is 40.5 Å². The monoisotopic (exact) mass is 259 g/mol. The fourth-order valence-electron chi connectivity index (χ4n) is 1.84. The van der Waals surface area contributed by atoms with E-state index in [2.05, 4.69) is 11.8 Å². The summed E-state index contributed by atoms with van der Waals surface area (Å²) in [5, 5.41) is 8.69. The maximum absolute atomic E-state index is 12.2. The minimum absolute atomic E-state index is 0.0583. The molecule has 0 aromatic heterocycles. The summed E-state index contributed by atoms with van der Waals surface area (Å²) < 4.78 is 0. The van der Waals surface area contributed by atoms with Crippen LogP contribution >= 0.6 is 0 Å².